The predicted octanol–water partition coefficient (Wildman–Crippen LogP) is 2.13. The largest absolute Gasteiger partial charge is 0.393 e. The molecule has 3 atom stereocenters. The zero-order valence-corrected chi connectivity index (χ0v) is 9.87. The second-order valence-electron chi connectivity index (χ2n) is 4.94. The Balaban J connectivity index is 1.95. The van der Waals surface area contributed by atoms with Crippen molar-refractivity contribution >= 4 is 0 Å². The molecule has 0 heterocycles. The van der Waals surface area contributed by atoms with Crippen molar-refractivity contribution in [2.24, 2.45) is 11.8 Å². The minimum Gasteiger partial charge on any atom is -0.393 e. The number of aliphatic hydroxyl groups excluding tert-OH is 1. The van der Waals surface area contributed by atoms with Crippen molar-refractivity contribution in [3.05, 3.63) is 0 Å². The molecule has 84 valence electrons. The van der Waals surface area contributed by atoms with E-state index in [0.717, 1.165) is 37.6 Å². The summed E-state index contributed by atoms with van der Waals surface area (Å²) in [5, 5.41) is 9.39. The first-order valence-electron chi connectivity index (χ1n) is 6.00. The molecule has 0 aromatic carbocycles. The zero-order valence-electron chi connectivity index (χ0n) is 9.87. The minimum atomic E-state index is -0.0803. The third-order valence-corrected chi connectivity index (χ3v) is 3.37. The van der Waals surface area contributed by atoms with E-state index in [9.17, 15) is 5.11 Å². The molecule has 0 aliphatic heterocycles. The van der Waals surface area contributed by atoms with Gasteiger partial charge in [0.2, 0.25) is 0 Å². The number of hydrogen-bond acceptors (Lipinski definition) is 2. The molecule has 0 saturated heterocycles. The van der Waals surface area contributed by atoms with Crippen LogP contribution in [0.5, 0.6) is 0 Å². The first-order valence-corrected chi connectivity index (χ1v) is 6.00. The van der Waals surface area contributed by atoms with Gasteiger partial charge in [0.25, 0.3) is 0 Å². The lowest BCUT2D eigenvalue weighted by atomic mass is 10.1. The fourth-order valence-corrected chi connectivity index (χ4v) is 1.95. The van der Waals surface area contributed by atoms with Crippen molar-refractivity contribution in [1.82, 2.24) is 4.90 Å². The Morgan fingerprint density at radius 1 is 1.50 bits per heavy atom. The maximum atomic E-state index is 9.39. The summed E-state index contributed by atoms with van der Waals surface area (Å²) in [6.45, 7) is 6.77. The summed E-state index contributed by atoms with van der Waals surface area (Å²) in [6, 6.07) is 0. The van der Waals surface area contributed by atoms with Crippen LogP contribution in [0.15, 0.2) is 0 Å². The summed E-state index contributed by atoms with van der Waals surface area (Å²) in [7, 11) is 2.20. The average Bonchev–Trinajstić information content (AvgIpc) is 2.81. The van der Waals surface area contributed by atoms with Crippen LogP contribution in [-0.2, 0) is 0 Å². The van der Waals surface area contributed by atoms with Gasteiger partial charge in [-0.15, -0.1) is 0 Å². The molecule has 14 heavy (non-hydrogen) atoms. The summed E-state index contributed by atoms with van der Waals surface area (Å²) in [4.78, 5) is 2.41. The van der Waals surface area contributed by atoms with Crippen LogP contribution in [0.25, 0.3) is 0 Å². The van der Waals surface area contributed by atoms with Crippen LogP contribution in [0.2, 0.25) is 0 Å². The van der Waals surface area contributed by atoms with Gasteiger partial charge in [0.15, 0.2) is 0 Å². The lowest BCUT2D eigenvalue weighted by Gasteiger charge is -2.17. The van der Waals surface area contributed by atoms with Crippen LogP contribution in [0.1, 0.15) is 39.5 Å². The Labute approximate surface area is 88.3 Å². The van der Waals surface area contributed by atoms with E-state index >= 15 is 0 Å². The standard InChI is InChI=1S/C12H25NO/c1-4-12(14)6-5-7-13(3)9-11-8-10(11)2/h10-12,14H,4-9H2,1-3H3. The number of nitrogens with zero attached hydrogens (tertiary/aromatic N) is 1. The topological polar surface area (TPSA) is 23.5 Å². The lowest BCUT2D eigenvalue weighted by molar-refractivity contribution is 0.151. The van der Waals surface area contributed by atoms with Crippen molar-refractivity contribution in [2.75, 3.05) is 20.1 Å². The van der Waals surface area contributed by atoms with Gasteiger partial charge in [-0.3, -0.25) is 0 Å². The molecule has 1 rings (SSSR count). The van der Waals surface area contributed by atoms with E-state index in [-0.39, 0.29) is 6.10 Å². The highest BCUT2D eigenvalue weighted by Gasteiger charge is 2.32. The van der Waals surface area contributed by atoms with Crippen LogP contribution in [0, 0.1) is 11.8 Å². The van der Waals surface area contributed by atoms with Gasteiger partial charge in [0.1, 0.15) is 0 Å². The van der Waals surface area contributed by atoms with Gasteiger partial charge in [-0.1, -0.05) is 13.8 Å². The first kappa shape index (κ1) is 12.0. The maximum absolute atomic E-state index is 9.39. The van der Waals surface area contributed by atoms with Gasteiger partial charge in [-0.2, -0.15) is 0 Å². The Morgan fingerprint density at radius 3 is 2.64 bits per heavy atom. The minimum absolute atomic E-state index is 0.0803. The SMILES string of the molecule is CCC(O)CCCN(C)CC1CC1C. The molecule has 2 heteroatoms. The highest BCUT2D eigenvalue weighted by atomic mass is 16.3. The van der Waals surface area contributed by atoms with Gasteiger partial charge in [-0.25, -0.2) is 0 Å². The van der Waals surface area contributed by atoms with Crippen LogP contribution in [0.4, 0.5) is 0 Å². The summed E-state index contributed by atoms with van der Waals surface area (Å²) in [5.41, 5.74) is 0. The highest BCUT2D eigenvalue weighted by Crippen LogP contribution is 2.37. The van der Waals surface area contributed by atoms with Gasteiger partial charge in [-0.05, 0) is 51.1 Å². The molecule has 1 aliphatic rings. The molecule has 1 N–H and O–H groups in total. The van der Waals surface area contributed by atoms with E-state index in [1.54, 1.807) is 0 Å². The molecule has 0 bridgehead atoms. The third kappa shape index (κ3) is 4.43. The van der Waals surface area contributed by atoms with Gasteiger partial charge in [0.05, 0.1) is 6.10 Å². The van der Waals surface area contributed by atoms with Crippen molar-refractivity contribution < 1.29 is 5.11 Å². The maximum Gasteiger partial charge on any atom is 0.0538 e. The molecular weight excluding hydrogens is 174 g/mol. The quantitative estimate of drug-likeness (QED) is 0.679. The normalized spacial score (nSPS) is 28.1. The molecule has 1 saturated carbocycles. The lowest BCUT2D eigenvalue weighted by Crippen LogP contribution is -2.23. The van der Waals surface area contributed by atoms with E-state index in [4.69, 9.17) is 0 Å². The summed E-state index contributed by atoms with van der Waals surface area (Å²) < 4.78 is 0. The fourth-order valence-electron chi connectivity index (χ4n) is 1.95. The predicted molar refractivity (Wildman–Crippen MR) is 60.3 cm³/mol. The number of aliphatic hydroxyl groups is 1. The van der Waals surface area contributed by atoms with Crippen molar-refractivity contribution in [3.8, 4) is 0 Å². The highest BCUT2D eigenvalue weighted by molar-refractivity contribution is 4.84. The molecular formula is C12H25NO. The first-order chi connectivity index (χ1) is 6.63. The molecule has 2 nitrogen and oxygen atoms in total. The molecule has 0 aromatic heterocycles. The van der Waals surface area contributed by atoms with E-state index < -0.39 is 0 Å². The van der Waals surface area contributed by atoms with E-state index in [1.165, 1.54) is 13.0 Å². The van der Waals surface area contributed by atoms with Crippen LogP contribution in [0.3, 0.4) is 0 Å². The molecule has 0 radical (unpaired) electrons. The van der Waals surface area contributed by atoms with Gasteiger partial charge in [0, 0.05) is 6.54 Å². The fraction of sp³-hybridized carbons (Fsp3) is 1.00. The van der Waals surface area contributed by atoms with Gasteiger partial charge < -0.3 is 10.0 Å². The van der Waals surface area contributed by atoms with Crippen molar-refractivity contribution in [1.29, 1.82) is 0 Å². The molecule has 0 spiro atoms. The smallest absolute Gasteiger partial charge is 0.0538 e. The molecule has 1 aliphatic carbocycles. The molecule has 3 unspecified atom stereocenters. The molecule has 0 amide bonds. The van der Waals surface area contributed by atoms with Crippen LogP contribution < -0.4 is 0 Å². The van der Waals surface area contributed by atoms with Crippen molar-refractivity contribution in [3.63, 3.8) is 0 Å². The summed E-state index contributed by atoms with van der Waals surface area (Å²) in [5.74, 6) is 1.91. The number of rotatable bonds is 7. The Kier molecular flexibility index (Phi) is 4.90. The second kappa shape index (κ2) is 5.72. The van der Waals surface area contributed by atoms with E-state index in [0.29, 0.717) is 0 Å². The second-order valence-corrected chi connectivity index (χ2v) is 4.94. The molecule has 0 aromatic rings. The van der Waals surface area contributed by atoms with E-state index in [1.807, 2.05) is 6.92 Å². The van der Waals surface area contributed by atoms with Crippen LogP contribution in [-0.4, -0.2) is 36.2 Å². The Morgan fingerprint density at radius 2 is 2.14 bits per heavy atom. The van der Waals surface area contributed by atoms with Gasteiger partial charge >= 0.3 is 0 Å². The third-order valence-electron chi connectivity index (χ3n) is 3.37. The average molecular weight is 199 g/mol. The Hall–Kier alpha value is -0.0800. The monoisotopic (exact) mass is 199 g/mol. The number of hydrogen-bond donors (Lipinski definition) is 1. The summed E-state index contributed by atoms with van der Waals surface area (Å²) >= 11 is 0. The Bertz CT molecular complexity index is 160. The van der Waals surface area contributed by atoms with Crippen molar-refractivity contribution in [2.45, 2.75) is 45.6 Å². The van der Waals surface area contributed by atoms with Crippen LogP contribution >= 0.6 is 0 Å². The van der Waals surface area contributed by atoms with E-state index in [2.05, 4.69) is 18.9 Å². The molecule has 1 fully saturated rings. The summed E-state index contributed by atoms with van der Waals surface area (Å²) in [6.07, 6.45) is 4.32. The zero-order chi connectivity index (χ0) is 10.6.